The van der Waals surface area contributed by atoms with Crippen molar-refractivity contribution in [1.82, 2.24) is 5.32 Å². The molecule has 0 heterocycles. The van der Waals surface area contributed by atoms with Crippen molar-refractivity contribution in [2.24, 2.45) is 5.92 Å². The van der Waals surface area contributed by atoms with E-state index in [0.29, 0.717) is 11.8 Å². The first-order chi connectivity index (χ1) is 9.04. The number of benzene rings is 1. The number of hydrogen-bond donors (Lipinski definition) is 1. The van der Waals surface area contributed by atoms with Gasteiger partial charge in [-0.15, -0.1) is 0 Å². The summed E-state index contributed by atoms with van der Waals surface area (Å²) in [5, 5.41) is 4.00. The Balaban J connectivity index is 2.37. The van der Waals surface area contributed by atoms with Gasteiger partial charge in [-0.05, 0) is 42.4 Å². The van der Waals surface area contributed by atoms with Crippen LogP contribution in [0.25, 0.3) is 0 Å². The average molecular weight is 326 g/mol. The Kier molecular flexibility index (Phi) is 7.14. The molecule has 0 aliphatic heterocycles. The number of amides is 1. The minimum Gasteiger partial charge on any atom is -0.352 e. The Morgan fingerprint density at radius 2 is 1.84 bits per heavy atom. The molecule has 0 aromatic heterocycles. The van der Waals surface area contributed by atoms with Crippen LogP contribution < -0.4 is 5.32 Å². The summed E-state index contributed by atoms with van der Waals surface area (Å²) >= 11 is 3.46. The molecular weight excluding hydrogens is 302 g/mol. The molecule has 2 nitrogen and oxygen atoms in total. The van der Waals surface area contributed by atoms with E-state index in [2.05, 4.69) is 42.0 Å². The van der Waals surface area contributed by atoms with Gasteiger partial charge in [-0.25, -0.2) is 0 Å². The first-order valence-electron chi connectivity index (χ1n) is 6.98. The second kappa shape index (κ2) is 8.36. The molecule has 19 heavy (non-hydrogen) atoms. The lowest BCUT2D eigenvalue weighted by Gasteiger charge is -2.09. The Bertz CT molecular complexity index is 386. The number of hydrogen-bond acceptors (Lipinski definition) is 1. The first kappa shape index (κ1) is 16.2. The zero-order chi connectivity index (χ0) is 14.3. The predicted molar refractivity (Wildman–Crippen MR) is 85.1 cm³/mol. The van der Waals surface area contributed by atoms with Crippen LogP contribution in [0.4, 0.5) is 0 Å². The molecule has 1 rings (SSSR count). The number of alkyl halides is 1. The summed E-state index contributed by atoms with van der Waals surface area (Å²) in [7, 11) is 0. The Morgan fingerprint density at radius 3 is 2.37 bits per heavy atom. The topological polar surface area (TPSA) is 29.1 Å². The van der Waals surface area contributed by atoms with Crippen LogP contribution in [0.1, 0.15) is 55.5 Å². The molecule has 1 amide bonds. The molecule has 0 saturated carbocycles. The highest BCUT2D eigenvalue weighted by Crippen LogP contribution is 2.14. The Morgan fingerprint density at radius 1 is 1.21 bits per heavy atom. The van der Waals surface area contributed by atoms with Crippen molar-refractivity contribution in [3.63, 3.8) is 0 Å². The van der Waals surface area contributed by atoms with E-state index in [1.165, 1.54) is 5.56 Å². The smallest absolute Gasteiger partial charge is 0.251 e. The molecule has 0 aliphatic carbocycles. The number of carbonyl (C=O) groups excluding carboxylic acids is 1. The maximum atomic E-state index is 11.9. The summed E-state index contributed by atoms with van der Waals surface area (Å²) in [4.78, 5) is 11.9. The van der Waals surface area contributed by atoms with Crippen molar-refractivity contribution in [1.29, 1.82) is 0 Å². The Hall–Kier alpha value is -0.830. The van der Waals surface area contributed by atoms with Crippen LogP contribution >= 0.6 is 15.9 Å². The van der Waals surface area contributed by atoms with E-state index in [1.54, 1.807) is 0 Å². The maximum absolute atomic E-state index is 11.9. The highest BCUT2D eigenvalue weighted by Gasteiger charge is 2.06. The largest absolute Gasteiger partial charge is 0.352 e. The van der Waals surface area contributed by atoms with E-state index in [0.717, 1.165) is 30.3 Å². The molecule has 1 aromatic rings. The molecule has 106 valence electrons. The summed E-state index contributed by atoms with van der Waals surface area (Å²) in [6, 6.07) is 7.89. The SMILES string of the molecule is CC(CBr)CCCNC(=O)c1ccc(C(C)C)cc1. The van der Waals surface area contributed by atoms with E-state index in [-0.39, 0.29) is 5.91 Å². The quantitative estimate of drug-likeness (QED) is 0.586. The summed E-state index contributed by atoms with van der Waals surface area (Å²) in [5.74, 6) is 1.20. The lowest BCUT2D eigenvalue weighted by molar-refractivity contribution is 0.0952. The maximum Gasteiger partial charge on any atom is 0.251 e. The van der Waals surface area contributed by atoms with Crippen LogP contribution in [0.5, 0.6) is 0 Å². The van der Waals surface area contributed by atoms with Gasteiger partial charge >= 0.3 is 0 Å². The molecule has 0 bridgehead atoms. The minimum atomic E-state index is 0.0294. The van der Waals surface area contributed by atoms with Crippen LogP contribution in [-0.4, -0.2) is 17.8 Å². The minimum absolute atomic E-state index is 0.0294. The second-order valence-electron chi connectivity index (χ2n) is 5.43. The fourth-order valence-electron chi connectivity index (χ4n) is 1.85. The number of rotatable bonds is 7. The summed E-state index contributed by atoms with van der Waals surface area (Å²) in [6.07, 6.45) is 2.17. The van der Waals surface area contributed by atoms with Crippen LogP contribution in [0.3, 0.4) is 0 Å². The highest BCUT2D eigenvalue weighted by atomic mass is 79.9. The lowest BCUT2D eigenvalue weighted by Crippen LogP contribution is -2.24. The lowest BCUT2D eigenvalue weighted by atomic mass is 10.0. The van der Waals surface area contributed by atoms with Gasteiger partial charge in [0.2, 0.25) is 0 Å². The van der Waals surface area contributed by atoms with Crippen molar-refractivity contribution in [3.05, 3.63) is 35.4 Å². The zero-order valence-corrected chi connectivity index (χ0v) is 13.7. The molecule has 1 unspecified atom stereocenters. The zero-order valence-electron chi connectivity index (χ0n) is 12.1. The van der Waals surface area contributed by atoms with Crippen LogP contribution in [-0.2, 0) is 0 Å². The van der Waals surface area contributed by atoms with E-state index >= 15 is 0 Å². The number of halogens is 1. The molecule has 0 aliphatic rings. The van der Waals surface area contributed by atoms with Gasteiger partial charge in [0.1, 0.15) is 0 Å². The molecule has 0 radical (unpaired) electrons. The number of nitrogens with one attached hydrogen (secondary N) is 1. The fourth-order valence-corrected chi connectivity index (χ4v) is 2.17. The normalized spacial score (nSPS) is 12.5. The van der Waals surface area contributed by atoms with E-state index in [4.69, 9.17) is 0 Å². The van der Waals surface area contributed by atoms with Gasteiger partial charge in [0.05, 0.1) is 0 Å². The van der Waals surface area contributed by atoms with Crippen molar-refractivity contribution < 1.29 is 4.79 Å². The molecule has 1 atom stereocenters. The van der Waals surface area contributed by atoms with Gasteiger partial charge in [-0.3, -0.25) is 4.79 Å². The van der Waals surface area contributed by atoms with Crippen molar-refractivity contribution in [3.8, 4) is 0 Å². The van der Waals surface area contributed by atoms with Crippen LogP contribution in [0.2, 0.25) is 0 Å². The highest BCUT2D eigenvalue weighted by molar-refractivity contribution is 9.09. The monoisotopic (exact) mass is 325 g/mol. The van der Waals surface area contributed by atoms with Gasteiger partial charge in [0, 0.05) is 17.4 Å². The van der Waals surface area contributed by atoms with Crippen LogP contribution in [0.15, 0.2) is 24.3 Å². The summed E-state index contributed by atoms with van der Waals surface area (Å²) in [5.41, 5.74) is 2.01. The van der Waals surface area contributed by atoms with E-state index in [1.807, 2.05) is 24.3 Å². The molecule has 0 spiro atoms. The fraction of sp³-hybridized carbons (Fsp3) is 0.562. The molecular formula is C16H24BrNO. The second-order valence-corrected chi connectivity index (χ2v) is 6.08. The molecule has 0 saturated heterocycles. The molecule has 1 aromatic carbocycles. The van der Waals surface area contributed by atoms with Gasteiger partial charge in [-0.2, -0.15) is 0 Å². The van der Waals surface area contributed by atoms with Crippen LogP contribution in [0, 0.1) is 5.92 Å². The third-order valence-electron chi connectivity index (χ3n) is 3.26. The van der Waals surface area contributed by atoms with Crippen molar-refractivity contribution in [2.75, 3.05) is 11.9 Å². The van der Waals surface area contributed by atoms with E-state index < -0.39 is 0 Å². The Labute approximate surface area is 125 Å². The standard InChI is InChI=1S/C16H24BrNO/c1-12(2)14-6-8-15(9-7-14)16(19)18-10-4-5-13(3)11-17/h6-9,12-13H,4-5,10-11H2,1-3H3,(H,18,19). The van der Waals surface area contributed by atoms with Crippen molar-refractivity contribution >= 4 is 21.8 Å². The van der Waals surface area contributed by atoms with E-state index in [9.17, 15) is 4.79 Å². The van der Waals surface area contributed by atoms with Crippen molar-refractivity contribution in [2.45, 2.75) is 39.5 Å². The molecule has 3 heteroatoms. The van der Waals surface area contributed by atoms with Gasteiger partial charge < -0.3 is 5.32 Å². The third kappa shape index (κ3) is 5.77. The molecule has 0 fully saturated rings. The third-order valence-corrected chi connectivity index (χ3v) is 4.37. The molecule has 1 N–H and O–H groups in total. The summed E-state index contributed by atoms with van der Waals surface area (Å²) < 4.78 is 0. The predicted octanol–water partition coefficient (Wildman–Crippen LogP) is 4.35. The first-order valence-corrected chi connectivity index (χ1v) is 8.10. The number of carbonyl (C=O) groups is 1. The average Bonchev–Trinajstić information content (AvgIpc) is 2.43. The summed E-state index contributed by atoms with van der Waals surface area (Å²) in [6.45, 7) is 7.27. The van der Waals surface area contributed by atoms with Gasteiger partial charge in [-0.1, -0.05) is 48.8 Å². The van der Waals surface area contributed by atoms with Gasteiger partial charge in [0.15, 0.2) is 0 Å². The van der Waals surface area contributed by atoms with Gasteiger partial charge in [0.25, 0.3) is 5.91 Å².